The van der Waals surface area contributed by atoms with Gasteiger partial charge < -0.3 is 15.5 Å². The van der Waals surface area contributed by atoms with E-state index in [1.807, 2.05) is 54.6 Å². The summed E-state index contributed by atoms with van der Waals surface area (Å²) in [4.78, 5) is 28.1. The summed E-state index contributed by atoms with van der Waals surface area (Å²) in [6.45, 7) is 1.47. The fraction of sp³-hybridized carbons (Fsp3) is 0.0476. The van der Waals surface area contributed by atoms with Gasteiger partial charge in [-0.3, -0.25) is 4.79 Å². The number of para-hydroxylation sites is 1. The third kappa shape index (κ3) is 5.34. The second kappa shape index (κ2) is 8.53. The molecule has 0 aliphatic carbocycles. The molecule has 0 unspecified atom stereocenters. The summed E-state index contributed by atoms with van der Waals surface area (Å²) in [5, 5.41) is 5.40. The number of anilines is 2. The van der Waals surface area contributed by atoms with Gasteiger partial charge in [0.05, 0.1) is 0 Å². The van der Waals surface area contributed by atoms with Crippen LogP contribution in [0.25, 0.3) is 11.1 Å². The second-order valence-corrected chi connectivity index (χ2v) is 5.81. The summed E-state index contributed by atoms with van der Waals surface area (Å²) in [5.74, 6) is 0.407. The number of hydroxylamine groups is 1. The molecule has 27 heavy (non-hydrogen) atoms. The maximum atomic E-state index is 11.8. The molecule has 0 aliphatic rings. The first-order chi connectivity index (χ1) is 13.1. The molecule has 3 aromatic carbocycles. The summed E-state index contributed by atoms with van der Waals surface area (Å²) in [5.41, 5.74) is 5.77. The maximum absolute atomic E-state index is 11.8. The molecule has 0 atom stereocenters. The summed E-state index contributed by atoms with van der Waals surface area (Å²) < 4.78 is 0. The number of rotatable bonds is 5. The number of carbonyl (C=O) groups excluding carboxylic acids is 2. The van der Waals surface area contributed by atoms with Gasteiger partial charge in [-0.15, -0.1) is 0 Å². The number of urea groups is 1. The Morgan fingerprint density at radius 3 is 1.85 bits per heavy atom. The summed E-state index contributed by atoms with van der Waals surface area (Å²) in [6, 6.07) is 23.5. The Kier molecular flexibility index (Phi) is 5.69. The molecule has 0 radical (unpaired) electrons. The topological polar surface area (TPSA) is 79.5 Å². The van der Waals surface area contributed by atoms with E-state index in [2.05, 4.69) is 16.1 Å². The minimum absolute atomic E-state index is 0.104. The highest BCUT2D eigenvalue weighted by molar-refractivity contribution is 5.89. The van der Waals surface area contributed by atoms with Gasteiger partial charge in [0.25, 0.3) is 0 Å². The third-order valence-corrected chi connectivity index (χ3v) is 3.69. The smallest absolute Gasteiger partial charge is 0.352 e. The average Bonchev–Trinajstić information content (AvgIpc) is 2.68. The lowest BCUT2D eigenvalue weighted by Gasteiger charge is -2.09. The van der Waals surface area contributed by atoms with Crippen molar-refractivity contribution in [2.24, 2.45) is 0 Å². The van der Waals surface area contributed by atoms with E-state index in [-0.39, 0.29) is 5.91 Å². The number of hydrogen-bond acceptors (Lipinski definition) is 3. The van der Waals surface area contributed by atoms with Crippen LogP contribution in [0.3, 0.4) is 0 Å². The highest BCUT2D eigenvalue weighted by atomic mass is 16.7. The Morgan fingerprint density at radius 1 is 0.704 bits per heavy atom. The molecule has 0 saturated carbocycles. The SMILES string of the molecule is CC(=O)Nc1ccc(-c2ccc(ONC(=O)Nc3ccccc3)cc2)cc1. The van der Waals surface area contributed by atoms with Gasteiger partial charge in [-0.2, -0.15) is 5.48 Å². The molecule has 3 amide bonds. The number of carbonyl (C=O) groups is 2. The zero-order valence-electron chi connectivity index (χ0n) is 14.7. The van der Waals surface area contributed by atoms with Gasteiger partial charge in [0.1, 0.15) is 0 Å². The van der Waals surface area contributed by atoms with Gasteiger partial charge in [0.15, 0.2) is 5.75 Å². The van der Waals surface area contributed by atoms with E-state index >= 15 is 0 Å². The van der Waals surface area contributed by atoms with E-state index in [4.69, 9.17) is 4.84 Å². The molecule has 3 aromatic rings. The van der Waals surface area contributed by atoms with Gasteiger partial charge in [-0.25, -0.2) is 4.79 Å². The normalized spacial score (nSPS) is 9.96. The lowest BCUT2D eigenvalue weighted by molar-refractivity contribution is -0.114. The van der Waals surface area contributed by atoms with E-state index in [1.165, 1.54) is 6.92 Å². The van der Waals surface area contributed by atoms with E-state index in [1.54, 1.807) is 24.3 Å². The van der Waals surface area contributed by atoms with E-state index < -0.39 is 6.03 Å². The van der Waals surface area contributed by atoms with Crippen molar-refractivity contribution >= 4 is 23.3 Å². The minimum Gasteiger partial charge on any atom is -0.378 e. The van der Waals surface area contributed by atoms with Crippen molar-refractivity contribution < 1.29 is 14.4 Å². The highest BCUT2D eigenvalue weighted by Gasteiger charge is 2.04. The number of hydrogen-bond donors (Lipinski definition) is 3. The van der Waals surface area contributed by atoms with Crippen molar-refractivity contribution in [2.75, 3.05) is 10.6 Å². The van der Waals surface area contributed by atoms with Crippen LogP contribution in [-0.4, -0.2) is 11.9 Å². The Labute approximate surface area is 157 Å². The molecule has 136 valence electrons. The van der Waals surface area contributed by atoms with Crippen LogP contribution < -0.4 is 21.0 Å². The standard InChI is InChI=1S/C21H19N3O3/c1-15(25)22-19-11-7-16(8-12-19)17-9-13-20(14-10-17)27-24-21(26)23-18-5-3-2-4-6-18/h2-14H,1H3,(H,22,25)(H2,23,24,26). The summed E-state index contributed by atoms with van der Waals surface area (Å²) in [6.07, 6.45) is 0. The van der Waals surface area contributed by atoms with Crippen molar-refractivity contribution in [1.82, 2.24) is 5.48 Å². The molecular weight excluding hydrogens is 342 g/mol. The predicted octanol–water partition coefficient (Wildman–Crippen LogP) is 4.43. The molecule has 0 aliphatic heterocycles. The Hall–Kier alpha value is -3.80. The van der Waals surface area contributed by atoms with Crippen molar-refractivity contribution in [1.29, 1.82) is 0 Å². The van der Waals surface area contributed by atoms with Crippen LogP contribution in [0.4, 0.5) is 16.2 Å². The minimum atomic E-state index is -0.459. The van der Waals surface area contributed by atoms with Crippen molar-refractivity contribution in [2.45, 2.75) is 6.92 Å². The number of amides is 3. The molecule has 3 N–H and O–H groups in total. The first-order valence-corrected chi connectivity index (χ1v) is 8.37. The number of nitrogens with one attached hydrogen (secondary N) is 3. The van der Waals surface area contributed by atoms with Crippen LogP contribution in [0, 0.1) is 0 Å². The van der Waals surface area contributed by atoms with Crippen LogP contribution in [0.15, 0.2) is 78.9 Å². The Morgan fingerprint density at radius 2 is 1.26 bits per heavy atom. The largest absolute Gasteiger partial charge is 0.378 e. The molecular formula is C21H19N3O3. The first-order valence-electron chi connectivity index (χ1n) is 8.37. The Balaban J connectivity index is 1.55. The van der Waals surface area contributed by atoms with Gasteiger partial charge in [-0.1, -0.05) is 42.5 Å². The summed E-state index contributed by atoms with van der Waals surface area (Å²) in [7, 11) is 0. The second-order valence-electron chi connectivity index (χ2n) is 5.81. The Bertz CT molecular complexity index is 908. The molecule has 0 heterocycles. The quantitative estimate of drug-likeness (QED) is 0.588. The predicted molar refractivity (Wildman–Crippen MR) is 105 cm³/mol. The zero-order chi connectivity index (χ0) is 19.1. The highest BCUT2D eigenvalue weighted by Crippen LogP contribution is 2.23. The first kappa shape index (κ1) is 18.0. The van der Waals surface area contributed by atoms with Crippen molar-refractivity contribution in [3.8, 4) is 16.9 Å². The summed E-state index contributed by atoms with van der Waals surface area (Å²) >= 11 is 0. The van der Waals surface area contributed by atoms with Crippen molar-refractivity contribution in [3.63, 3.8) is 0 Å². The van der Waals surface area contributed by atoms with Crippen LogP contribution in [0.1, 0.15) is 6.92 Å². The molecule has 6 heteroatoms. The van der Waals surface area contributed by atoms with Crippen LogP contribution in [0.2, 0.25) is 0 Å². The van der Waals surface area contributed by atoms with Crippen LogP contribution in [-0.2, 0) is 4.79 Å². The average molecular weight is 361 g/mol. The molecule has 0 saturated heterocycles. The van der Waals surface area contributed by atoms with Gasteiger partial charge >= 0.3 is 6.03 Å². The molecule has 0 bridgehead atoms. The molecule has 6 nitrogen and oxygen atoms in total. The van der Waals surface area contributed by atoms with E-state index in [0.717, 1.165) is 16.8 Å². The lowest BCUT2D eigenvalue weighted by atomic mass is 10.1. The molecule has 0 spiro atoms. The van der Waals surface area contributed by atoms with E-state index in [0.29, 0.717) is 11.4 Å². The van der Waals surface area contributed by atoms with E-state index in [9.17, 15) is 9.59 Å². The lowest BCUT2D eigenvalue weighted by Crippen LogP contribution is -2.31. The molecule has 0 aromatic heterocycles. The third-order valence-electron chi connectivity index (χ3n) is 3.69. The molecule has 3 rings (SSSR count). The fourth-order valence-corrected chi connectivity index (χ4v) is 2.45. The monoisotopic (exact) mass is 361 g/mol. The zero-order valence-corrected chi connectivity index (χ0v) is 14.7. The van der Waals surface area contributed by atoms with Gasteiger partial charge in [0, 0.05) is 18.3 Å². The van der Waals surface area contributed by atoms with Crippen LogP contribution in [0.5, 0.6) is 5.75 Å². The molecule has 0 fully saturated rings. The fourth-order valence-electron chi connectivity index (χ4n) is 2.45. The van der Waals surface area contributed by atoms with Gasteiger partial charge in [-0.05, 0) is 47.5 Å². The van der Waals surface area contributed by atoms with Crippen LogP contribution >= 0.6 is 0 Å². The number of benzene rings is 3. The van der Waals surface area contributed by atoms with Gasteiger partial charge in [0.2, 0.25) is 5.91 Å². The maximum Gasteiger partial charge on any atom is 0.352 e. The van der Waals surface area contributed by atoms with Crippen molar-refractivity contribution in [3.05, 3.63) is 78.9 Å².